The van der Waals surface area contributed by atoms with Gasteiger partial charge in [-0.3, -0.25) is 4.79 Å². The van der Waals surface area contributed by atoms with Crippen LogP contribution in [0.1, 0.15) is 31.2 Å². The Morgan fingerprint density at radius 2 is 2.06 bits per heavy atom. The lowest BCUT2D eigenvalue weighted by Gasteiger charge is -2.34. The van der Waals surface area contributed by atoms with E-state index in [0.717, 1.165) is 32.2 Å². The number of hydrogen-bond acceptors (Lipinski definition) is 2. The summed E-state index contributed by atoms with van der Waals surface area (Å²) in [6.07, 6.45) is 4.45. The van der Waals surface area contributed by atoms with Crippen LogP contribution in [0.25, 0.3) is 0 Å². The fraction of sp³-hybridized carbons (Fsp3) is 0.533. The van der Waals surface area contributed by atoms with E-state index in [1.807, 2.05) is 35.2 Å². The standard InChI is InChI=1S/C15H21NO2/c17-12-14-8-4-5-11-16(14)15(18)10-9-13-6-2-1-3-7-13/h1-3,6-7,14,17H,4-5,8-12H2. The molecule has 1 heterocycles. The minimum atomic E-state index is 0.0435. The van der Waals surface area contributed by atoms with E-state index in [1.165, 1.54) is 5.56 Å². The van der Waals surface area contributed by atoms with E-state index in [9.17, 15) is 9.90 Å². The van der Waals surface area contributed by atoms with Crippen molar-refractivity contribution in [3.05, 3.63) is 35.9 Å². The Labute approximate surface area is 108 Å². The molecule has 1 aromatic rings. The largest absolute Gasteiger partial charge is 0.394 e. The molecule has 1 N–H and O–H groups in total. The molecule has 3 nitrogen and oxygen atoms in total. The molecule has 0 aliphatic carbocycles. The van der Waals surface area contributed by atoms with Gasteiger partial charge in [0.25, 0.3) is 0 Å². The first kappa shape index (κ1) is 13.1. The average Bonchev–Trinajstić information content (AvgIpc) is 2.45. The molecule has 1 aromatic carbocycles. The number of rotatable bonds is 4. The van der Waals surface area contributed by atoms with Gasteiger partial charge >= 0.3 is 0 Å². The van der Waals surface area contributed by atoms with E-state index >= 15 is 0 Å². The van der Waals surface area contributed by atoms with Crippen LogP contribution in [0.2, 0.25) is 0 Å². The number of nitrogens with zero attached hydrogens (tertiary/aromatic N) is 1. The van der Waals surface area contributed by atoms with Crippen molar-refractivity contribution < 1.29 is 9.90 Å². The van der Waals surface area contributed by atoms with E-state index in [2.05, 4.69) is 0 Å². The van der Waals surface area contributed by atoms with Gasteiger partial charge in [0.15, 0.2) is 0 Å². The maximum Gasteiger partial charge on any atom is 0.223 e. The fourth-order valence-electron chi connectivity index (χ4n) is 2.56. The molecule has 1 saturated heterocycles. The molecule has 0 radical (unpaired) electrons. The zero-order valence-electron chi connectivity index (χ0n) is 10.7. The van der Waals surface area contributed by atoms with Crippen molar-refractivity contribution in [2.24, 2.45) is 0 Å². The highest BCUT2D eigenvalue weighted by Crippen LogP contribution is 2.18. The molecule has 0 spiro atoms. The molecule has 1 aliphatic heterocycles. The topological polar surface area (TPSA) is 40.5 Å². The summed E-state index contributed by atoms with van der Waals surface area (Å²) in [5.74, 6) is 0.178. The molecule has 98 valence electrons. The number of aliphatic hydroxyl groups is 1. The number of piperidine rings is 1. The van der Waals surface area contributed by atoms with Crippen molar-refractivity contribution in [1.82, 2.24) is 4.90 Å². The Morgan fingerprint density at radius 1 is 1.28 bits per heavy atom. The van der Waals surface area contributed by atoms with Crippen molar-refractivity contribution in [1.29, 1.82) is 0 Å². The van der Waals surface area contributed by atoms with Crippen LogP contribution in [0.3, 0.4) is 0 Å². The van der Waals surface area contributed by atoms with Crippen LogP contribution in [0.5, 0.6) is 0 Å². The molecule has 2 rings (SSSR count). The van der Waals surface area contributed by atoms with Gasteiger partial charge in [-0.15, -0.1) is 0 Å². The summed E-state index contributed by atoms with van der Waals surface area (Å²) in [5, 5.41) is 9.30. The molecule has 3 heteroatoms. The van der Waals surface area contributed by atoms with Gasteiger partial charge in [-0.05, 0) is 31.2 Å². The van der Waals surface area contributed by atoms with Crippen molar-refractivity contribution >= 4 is 5.91 Å². The molecule has 0 aromatic heterocycles. The third-order valence-electron chi connectivity index (χ3n) is 3.63. The van der Waals surface area contributed by atoms with Crippen LogP contribution in [0.4, 0.5) is 0 Å². The summed E-state index contributed by atoms with van der Waals surface area (Å²) in [4.78, 5) is 14.0. The zero-order chi connectivity index (χ0) is 12.8. The third kappa shape index (κ3) is 3.33. The second kappa shape index (κ2) is 6.55. The van der Waals surface area contributed by atoms with Crippen LogP contribution in [0, 0.1) is 0 Å². The normalized spacial score (nSPS) is 19.8. The predicted octanol–water partition coefficient (Wildman–Crippen LogP) is 1.99. The maximum atomic E-state index is 12.2. The molecule has 0 bridgehead atoms. The Morgan fingerprint density at radius 3 is 2.78 bits per heavy atom. The number of carbonyl (C=O) groups excluding carboxylic acids is 1. The number of aliphatic hydroxyl groups excluding tert-OH is 1. The monoisotopic (exact) mass is 247 g/mol. The van der Waals surface area contributed by atoms with Gasteiger partial charge in [-0.25, -0.2) is 0 Å². The second-order valence-corrected chi connectivity index (χ2v) is 4.90. The highest BCUT2D eigenvalue weighted by atomic mass is 16.3. The van der Waals surface area contributed by atoms with E-state index in [0.29, 0.717) is 6.42 Å². The zero-order valence-corrected chi connectivity index (χ0v) is 10.7. The Bertz CT molecular complexity index is 377. The number of likely N-dealkylation sites (tertiary alicyclic amines) is 1. The molecule has 1 fully saturated rings. The molecule has 1 unspecified atom stereocenters. The van der Waals surface area contributed by atoms with E-state index < -0.39 is 0 Å². The van der Waals surface area contributed by atoms with Crippen molar-refractivity contribution in [2.45, 2.75) is 38.1 Å². The maximum absolute atomic E-state index is 12.2. The molecule has 0 saturated carbocycles. The number of hydrogen-bond donors (Lipinski definition) is 1. The first-order chi connectivity index (χ1) is 8.81. The highest BCUT2D eigenvalue weighted by molar-refractivity contribution is 5.77. The summed E-state index contributed by atoms with van der Waals surface area (Å²) < 4.78 is 0. The molecular weight excluding hydrogens is 226 g/mol. The summed E-state index contributed by atoms with van der Waals surface area (Å²) in [6, 6.07) is 10.1. The first-order valence-corrected chi connectivity index (χ1v) is 6.75. The minimum absolute atomic E-state index is 0.0435. The van der Waals surface area contributed by atoms with Gasteiger partial charge in [0, 0.05) is 13.0 Å². The SMILES string of the molecule is O=C(CCc1ccccc1)N1CCCCC1CO. The Balaban J connectivity index is 1.87. The van der Waals surface area contributed by atoms with Crippen LogP contribution in [0.15, 0.2) is 30.3 Å². The second-order valence-electron chi connectivity index (χ2n) is 4.90. The van der Waals surface area contributed by atoms with Gasteiger partial charge in [0.2, 0.25) is 5.91 Å². The van der Waals surface area contributed by atoms with Crippen molar-refractivity contribution in [3.8, 4) is 0 Å². The predicted molar refractivity (Wildman–Crippen MR) is 71.2 cm³/mol. The molecule has 1 atom stereocenters. The van der Waals surface area contributed by atoms with Crippen molar-refractivity contribution in [2.75, 3.05) is 13.2 Å². The summed E-state index contributed by atoms with van der Waals surface area (Å²) in [6.45, 7) is 0.899. The average molecular weight is 247 g/mol. The van der Waals surface area contributed by atoms with E-state index in [-0.39, 0.29) is 18.6 Å². The lowest BCUT2D eigenvalue weighted by Crippen LogP contribution is -2.45. The van der Waals surface area contributed by atoms with Crippen LogP contribution >= 0.6 is 0 Å². The van der Waals surface area contributed by atoms with Crippen molar-refractivity contribution in [3.63, 3.8) is 0 Å². The number of amides is 1. The lowest BCUT2D eigenvalue weighted by atomic mass is 10.0. The van der Waals surface area contributed by atoms with Crippen LogP contribution in [-0.2, 0) is 11.2 Å². The molecule has 1 aliphatic rings. The van der Waals surface area contributed by atoms with Crippen LogP contribution < -0.4 is 0 Å². The molecule has 1 amide bonds. The number of benzene rings is 1. The molecular formula is C15H21NO2. The summed E-state index contributed by atoms with van der Waals surface area (Å²) >= 11 is 0. The molecule has 18 heavy (non-hydrogen) atoms. The van der Waals surface area contributed by atoms with Gasteiger partial charge in [-0.1, -0.05) is 30.3 Å². The summed E-state index contributed by atoms with van der Waals surface area (Å²) in [7, 11) is 0. The van der Waals surface area contributed by atoms with Gasteiger partial charge in [0.05, 0.1) is 12.6 Å². The Hall–Kier alpha value is -1.35. The van der Waals surface area contributed by atoms with Crippen LogP contribution in [-0.4, -0.2) is 35.1 Å². The third-order valence-corrected chi connectivity index (χ3v) is 3.63. The van der Waals surface area contributed by atoms with Gasteiger partial charge < -0.3 is 10.0 Å². The first-order valence-electron chi connectivity index (χ1n) is 6.75. The highest BCUT2D eigenvalue weighted by Gasteiger charge is 2.25. The minimum Gasteiger partial charge on any atom is -0.394 e. The number of aryl methyl sites for hydroxylation is 1. The summed E-state index contributed by atoms with van der Waals surface area (Å²) in [5.41, 5.74) is 1.20. The Kier molecular flexibility index (Phi) is 4.76. The fourth-order valence-corrected chi connectivity index (χ4v) is 2.56. The lowest BCUT2D eigenvalue weighted by molar-refractivity contribution is -0.135. The van der Waals surface area contributed by atoms with Gasteiger partial charge in [0.1, 0.15) is 0 Å². The van der Waals surface area contributed by atoms with E-state index in [1.54, 1.807) is 0 Å². The quantitative estimate of drug-likeness (QED) is 0.884. The van der Waals surface area contributed by atoms with E-state index in [4.69, 9.17) is 0 Å². The smallest absolute Gasteiger partial charge is 0.223 e. The van der Waals surface area contributed by atoms with Gasteiger partial charge in [-0.2, -0.15) is 0 Å². The number of carbonyl (C=O) groups is 1.